The van der Waals surface area contributed by atoms with E-state index in [-0.39, 0.29) is 11.7 Å². The van der Waals surface area contributed by atoms with Gasteiger partial charge in [0.05, 0.1) is 30.2 Å². The molecule has 0 aliphatic carbocycles. The average molecular weight is 592 g/mol. The van der Waals surface area contributed by atoms with Crippen LogP contribution in [0.2, 0.25) is 0 Å². The van der Waals surface area contributed by atoms with Crippen molar-refractivity contribution in [2.24, 2.45) is 0 Å². The molecule has 2 amide bonds. The summed E-state index contributed by atoms with van der Waals surface area (Å²) in [5.74, 6) is -1.65. The molecule has 5 rings (SSSR count). The lowest BCUT2D eigenvalue weighted by Gasteiger charge is -2.36. The maximum atomic E-state index is 14.5. The van der Waals surface area contributed by atoms with E-state index in [1.54, 1.807) is 4.90 Å². The number of fused-ring (bicyclic) bond motifs is 1. The summed E-state index contributed by atoms with van der Waals surface area (Å²) in [6, 6.07) is 1.85. The van der Waals surface area contributed by atoms with Gasteiger partial charge in [0.15, 0.2) is 5.82 Å². The maximum Gasteiger partial charge on any atom is 0.416 e. The smallest absolute Gasteiger partial charge is 0.377 e. The molecule has 1 fully saturated rings. The van der Waals surface area contributed by atoms with Crippen LogP contribution >= 0.6 is 0 Å². The van der Waals surface area contributed by atoms with Gasteiger partial charge in [-0.25, -0.2) is 4.39 Å². The quantitative estimate of drug-likeness (QED) is 0.439. The highest BCUT2D eigenvalue weighted by Gasteiger charge is 2.32. The molecule has 4 heterocycles. The van der Waals surface area contributed by atoms with Gasteiger partial charge in [-0.1, -0.05) is 13.0 Å². The van der Waals surface area contributed by atoms with E-state index in [4.69, 9.17) is 4.74 Å². The molecule has 2 aliphatic heterocycles. The fourth-order valence-corrected chi connectivity index (χ4v) is 5.17. The third-order valence-electron chi connectivity index (χ3n) is 7.32. The minimum absolute atomic E-state index is 0.0731. The number of nitrogens with zero attached hydrogens (tertiary/aromatic N) is 6. The van der Waals surface area contributed by atoms with Gasteiger partial charge < -0.3 is 24.4 Å². The largest absolute Gasteiger partial charge is 0.416 e. The van der Waals surface area contributed by atoms with Crippen LogP contribution in [-0.2, 0) is 33.5 Å². The standard InChI is InChI=1S/C27H29F4N7O4/c1-3-21-23(36-10-8-35(9-11-36)16(2)39)25(41)38-26(33-24(34-38)17-6-12-42-13-7-17)37(21)15-22(40)32-20-5-4-18(14-19(20)28)27(29,30)31/h4-6,14H,3,7-13,15H2,1-2H3,(H,32,40). The van der Waals surface area contributed by atoms with Gasteiger partial charge in [-0.15, -0.1) is 5.10 Å². The lowest BCUT2D eigenvalue weighted by atomic mass is 10.1. The van der Waals surface area contributed by atoms with Gasteiger partial charge in [0.2, 0.25) is 17.6 Å². The molecule has 224 valence electrons. The molecular formula is C27H29F4N7O4. The van der Waals surface area contributed by atoms with Crippen LogP contribution in [0.15, 0.2) is 29.1 Å². The van der Waals surface area contributed by atoms with Crippen molar-refractivity contribution in [3.8, 4) is 0 Å². The van der Waals surface area contributed by atoms with Crippen molar-refractivity contribution in [1.29, 1.82) is 0 Å². The van der Waals surface area contributed by atoms with Gasteiger partial charge in [-0.3, -0.25) is 14.4 Å². The van der Waals surface area contributed by atoms with Gasteiger partial charge in [-0.05, 0) is 36.6 Å². The molecule has 1 saturated heterocycles. The highest BCUT2D eigenvalue weighted by Crippen LogP contribution is 2.31. The van der Waals surface area contributed by atoms with E-state index in [9.17, 15) is 31.9 Å². The summed E-state index contributed by atoms with van der Waals surface area (Å²) >= 11 is 0. The Bertz CT molecular complexity index is 1620. The molecule has 2 aliphatic rings. The summed E-state index contributed by atoms with van der Waals surface area (Å²) in [7, 11) is 0. The number of alkyl halides is 3. The van der Waals surface area contributed by atoms with Crippen molar-refractivity contribution in [1.82, 2.24) is 24.1 Å². The summed E-state index contributed by atoms with van der Waals surface area (Å²) < 4.78 is 61.4. The fourth-order valence-electron chi connectivity index (χ4n) is 5.17. The number of ether oxygens (including phenoxy) is 1. The van der Waals surface area contributed by atoms with E-state index >= 15 is 0 Å². The Balaban J connectivity index is 1.56. The molecule has 15 heteroatoms. The van der Waals surface area contributed by atoms with Crippen LogP contribution in [0.25, 0.3) is 11.4 Å². The molecule has 3 aromatic rings. The number of halogens is 4. The number of aromatic nitrogens is 4. The molecule has 0 radical (unpaired) electrons. The van der Waals surface area contributed by atoms with E-state index in [1.165, 1.54) is 11.5 Å². The highest BCUT2D eigenvalue weighted by molar-refractivity contribution is 5.91. The SMILES string of the molecule is CCc1c(N2CCN(C(C)=O)CC2)c(=O)n2nc(C3=CCOCC3)nc2n1CC(=O)Nc1ccc(C(F)(F)F)cc1F. The van der Waals surface area contributed by atoms with Crippen LogP contribution in [0.4, 0.5) is 28.9 Å². The normalized spacial score (nSPS) is 16.1. The number of amides is 2. The topological polar surface area (TPSA) is 114 Å². The van der Waals surface area contributed by atoms with Crippen molar-refractivity contribution < 1.29 is 31.9 Å². The van der Waals surface area contributed by atoms with Crippen LogP contribution in [0.1, 0.15) is 37.4 Å². The molecule has 11 nitrogen and oxygen atoms in total. The average Bonchev–Trinajstić information content (AvgIpc) is 3.41. The summed E-state index contributed by atoms with van der Waals surface area (Å²) in [6.45, 7) is 5.24. The molecule has 1 aromatic carbocycles. The van der Waals surface area contributed by atoms with E-state index in [0.29, 0.717) is 81.6 Å². The molecule has 0 spiro atoms. The predicted octanol–water partition coefficient (Wildman–Crippen LogP) is 2.72. The molecule has 1 N–H and O–H groups in total. The first-order valence-electron chi connectivity index (χ1n) is 13.4. The van der Waals surface area contributed by atoms with Crippen LogP contribution < -0.4 is 15.8 Å². The third kappa shape index (κ3) is 5.73. The summed E-state index contributed by atoms with van der Waals surface area (Å²) in [4.78, 5) is 47.0. The third-order valence-corrected chi connectivity index (χ3v) is 7.32. The first-order chi connectivity index (χ1) is 20.0. The van der Waals surface area contributed by atoms with E-state index in [2.05, 4.69) is 15.4 Å². The van der Waals surface area contributed by atoms with Crippen LogP contribution in [0, 0.1) is 5.82 Å². The zero-order valence-corrected chi connectivity index (χ0v) is 23.0. The van der Waals surface area contributed by atoms with E-state index < -0.39 is 41.3 Å². The van der Waals surface area contributed by atoms with Crippen molar-refractivity contribution in [2.45, 2.75) is 39.4 Å². The van der Waals surface area contributed by atoms with Gasteiger partial charge in [0.1, 0.15) is 18.0 Å². The summed E-state index contributed by atoms with van der Waals surface area (Å²) in [5, 5.41) is 6.80. The number of piperazine rings is 1. The van der Waals surface area contributed by atoms with Crippen molar-refractivity contribution in [3.63, 3.8) is 0 Å². The van der Waals surface area contributed by atoms with Crippen molar-refractivity contribution >= 4 is 34.5 Å². The van der Waals surface area contributed by atoms with Gasteiger partial charge in [-0.2, -0.15) is 22.7 Å². The summed E-state index contributed by atoms with van der Waals surface area (Å²) in [5.41, 5.74) is -0.470. The number of nitrogens with one attached hydrogen (secondary N) is 1. The first-order valence-corrected chi connectivity index (χ1v) is 13.4. The molecule has 2 aromatic heterocycles. The number of anilines is 2. The number of benzene rings is 1. The van der Waals surface area contributed by atoms with Crippen molar-refractivity contribution in [2.75, 3.05) is 49.6 Å². The first kappa shape index (κ1) is 29.2. The zero-order valence-electron chi connectivity index (χ0n) is 23.0. The van der Waals surface area contributed by atoms with E-state index in [1.807, 2.05) is 17.9 Å². The van der Waals surface area contributed by atoms with Gasteiger partial charge >= 0.3 is 6.18 Å². The Hall–Kier alpha value is -4.27. The second kappa shape index (κ2) is 11.5. The molecule has 42 heavy (non-hydrogen) atoms. The number of carbonyl (C=O) groups is 2. The minimum atomic E-state index is -4.74. The molecular weight excluding hydrogens is 562 g/mol. The Morgan fingerprint density at radius 2 is 1.88 bits per heavy atom. The Labute approximate surface area is 237 Å². The predicted molar refractivity (Wildman–Crippen MR) is 145 cm³/mol. The minimum Gasteiger partial charge on any atom is -0.377 e. The van der Waals surface area contributed by atoms with Crippen molar-refractivity contribution in [3.05, 3.63) is 57.5 Å². The molecule has 0 unspecified atom stereocenters. The lowest BCUT2D eigenvalue weighted by Crippen LogP contribution is -2.50. The Kier molecular flexibility index (Phi) is 8.03. The monoisotopic (exact) mass is 591 g/mol. The highest BCUT2D eigenvalue weighted by atomic mass is 19.4. The van der Waals surface area contributed by atoms with Crippen LogP contribution in [-0.4, -0.2) is 75.3 Å². The van der Waals surface area contributed by atoms with Gasteiger partial charge in [0, 0.05) is 33.1 Å². The second-order valence-electron chi connectivity index (χ2n) is 9.98. The summed E-state index contributed by atoms with van der Waals surface area (Å²) in [6.07, 6.45) is -2.08. The Morgan fingerprint density at radius 3 is 2.48 bits per heavy atom. The fraction of sp³-hybridized carbons (Fsp3) is 0.444. The number of rotatable bonds is 6. The van der Waals surface area contributed by atoms with Gasteiger partial charge in [0.25, 0.3) is 5.56 Å². The second-order valence-corrected chi connectivity index (χ2v) is 9.98. The Morgan fingerprint density at radius 1 is 1.14 bits per heavy atom. The molecule has 0 bridgehead atoms. The maximum absolute atomic E-state index is 14.5. The zero-order chi connectivity index (χ0) is 30.2. The number of hydrogen-bond acceptors (Lipinski definition) is 7. The molecule has 0 saturated carbocycles. The number of carbonyl (C=O) groups excluding carboxylic acids is 2. The number of hydrogen-bond donors (Lipinski definition) is 1. The molecule has 0 atom stereocenters. The van der Waals surface area contributed by atoms with Crippen LogP contribution in [0.3, 0.4) is 0 Å². The van der Waals surface area contributed by atoms with E-state index in [0.717, 1.165) is 16.2 Å². The lowest BCUT2D eigenvalue weighted by molar-refractivity contribution is -0.137. The van der Waals surface area contributed by atoms with Crippen LogP contribution in [0.5, 0.6) is 0 Å².